The van der Waals surface area contributed by atoms with Gasteiger partial charge in [0.05, 0.1) is 28.5 Å². The maximum Gasteiger partial charge on any atom is 0.244 e. The van der Waals surface area contributed by atoms with E-state index >= 15 is 0 Å². The highest BCUT2D eigenvalue weighted by atomic mass is 32.2. The van der Waals surface area contributed by atoms with Crippen LogP contribution in [-0.2, 0) is 27.6 Å². The van der Waals surface area contributed by atoms with Crippen molar-refractivity contribution in [3.63, 3.8) is 0 Å². The Balaban J connectivity index is 1.59. The Kier molecular flexibility index (Phi) is 8.70. The van der Waals surface area contributed by atoms with Crippen LogP contribution in [0.4, 0.5) is 23.0 Å². The van der Waals surface area contributed by atoms with Gasteiger partial charge < -0.3 is 20.4 Å². The van der Waals surface area contributed by atoms with E-state index in [2.05, 4.69) is 30.5 Å². The van der Waals surface area contributed by atoms with Gasteiger partial charge in [0.2, 0.25) is 21.9 Å². The topological polar surface area (TPSA) is 130 Å². The number of aromatic nitrogens is 5. The maximum absolute atomic E-state index is 13.6. The second-order valence-electron chi connectivity index (χ2n) is 11.1. The van der Waals surface area contributed by atoms with Crippen LogP contribution in [0, 0.1) is 6.92 Å². The van der Waals surface area contributed by atoms with Gasteiger partial charge in [-0.15, -0.1) is 0 Å². The number of carbonyl (C=O) groups excluding carboxylic acids is 1. The molecule has 3 aromatic heterocycles. The Labute approximate surface area is 257 Å². The van der Waals surface area contributed by atoms with Crippen LogP contribution < -0.4 is 15.5 Å². The highest BCUT2D eigenvalue weighted by molar-refractivity contribution is 7.89. The summed E-state index contributed by atoms with van der Waals surface area (Å²) in [6.45, 7) is 4.94. The molecule has 12 nitrogen and oxygen atoms in total. The summed E-state index contributed by atoms with van der Waals surface area (Å²) in [4.78, 5) is 25.8. The summed E-state index contributed by atoms with van der Waals surface area (Å²) in [5.41, 5.74) is 5.09. The molecule has 0 aliphatic carbocycles. The molecule has 2 N–H and O–H groups in total. The number of hydrogen-bond acceptors (Lipinski definition) is 9. The van der Waals surface area contributed by atoms with Crippen molar-refractivity contribution in [1.29, 1.82) is 0 Å². The third-order valence-corrected chi connectivity index (χ3v) is 8.72. The molecule has 3 heterocycles. The van der Waals surface area contributed by atoms with Crippen molar-refractivity contribution in [2.45, 2.75) is 19.6 Å². The third-order valence-electron chi connectivity index (χ3n) is 7.13. The van der Waals surface area contributed by atoms with Gasteiger partial charge in [-0.2, -0.15) is 10.1 Å². The van der Waals surface area contributed by atoms with E-state index in [0.29, 0.717) is 28.0 Å². The molecule has 0 saturated carbocycles. The van der Waals surface area contributed by atoms with Gasteiger partial charge in [-0.3, -0.25) is 9.48 Å². The molecule has 0 saturated heterocycles. The minimum atomic E-state index is -3.82. The van der Waals surface area contributed by atoms with Gasteiger partial charge in [0.15, 0.2) is 5.65 Å². The van der Waals surface area contributed by atoms with Crippen LogP contribution >= 0.6 is 0 Å². The molecule has 0 radical (unpaired) electrons. The number of rotatable bonds is 11. The highest BCUT2D eigenvalue weighted by Crippen LogP contribution is 2.33. The lowest BCUT2D eigenvalue weighted by Gasteiger charge is -2.24. The fourth-order valence-corrected chi connectivity index (χ4v) is 6.40. The highest BCUT2D eigenvalue weighted by Gasteiger charge is 2.23. The standard InChI is InChI=1S/C31H37N9O3S/c1-21-26(19-39(6)36-21)29-25-14-15-40(44(42,43)20-23-10-8-7-9-11-23)30(25)35-31(34-29)33-24-12-13-28(27(18-24)32-22(2)41)38(5)17-16-37(3)4/h7-15,18-19H,16-17,20H2,1-6H3,(H,32,41)(H,33,34,35). The second-order valence-corrected chi connectivity index (χ2v) is 12.9. The fraction of sp³-hybridized carbons (Fsp3) is 0.290. The zero-order valence-electron chi connectivity index (χ0n) is 25.7. The van der Waals surface area contributed by atoms with Crippen LogP contribution in [0.15, 0.2) is 67.0 Å². The SMILES string of the molecule is CC(=O)Nc1cc(Nc2nc(-c3cn(C)nc3C)c3ccn(S(=O)(=O)Cc4ccccc4)c3n2)ccc1N(C)CCN(C)C. The van der Waals surface area contributed by atoms with E-state index in [1.807, 2.05) is 77.7 Å². The Morgan fingerprint density at radius 2 is 1.75 bits per heavy atom. The molecule has 0 bridgehead atoms. The minimum absolute atomic E-state index is 0.186. The number of nitrogens with one attached hydrogen (secondary N) is 2. The molecule has 0 unspecified atom stereocenters. The van der Waals surface area contributed by atoms with Crippen molar-refractivity contribution < 1.29 is 13.2 Å². The van der Waals surface area contributed by atoms with Crippen LogP contribution in [0.2, 0.25) is 0 Å². The predicted molar refractivity (Wildman–Crippen MR) is 175 cm³/mol. The average molecular weight is 616 g/mol. The fourth-order valence-electron chi connectivity index (χ4n) is 5.00. The number of hydrogen-bond donors (Lipinski definition) is 2. The number of amides is 1. The van der Waals surface area contributed by atoms with Crippen molar-refractivity contribution in [1.82, 2.24) is 28.6 Å². The molecule has 13 heteroatoms. The lowest BCUT2D eigenvalue weighted by molar-refractivity contribution is -0.114. The Hall–Kier alpha value is -4.75. The van der Waals surface area contributed by atoms with Gasteiger partial charge in [-0.05, 0) is 50.8 Å². The number of carbonyl (C=O) groups is 1. The summed E-state index contributed by atoms with van der Waals surface area (Å²) in [6.07, 6.45) is 3.37. The van der Waals surface area contributed by atoms with E-state index in [1.54, 1.807) is 22.9 Å². The zero-order valence-corrected chi connectivity index (χ0v) is 26.6. The lowest BCUT2D eigenvalue weighted by Crippen LogP contribution is -2.29. The largest absolute Gasteiger partial charge is 0.372 e. The van der Waals surface area contributed by atoms with Crippen molar-refractivity contribution in [2.75, 3.05) is 49.8 Å². The second kappa shape index (κ2) is 12.5. The van der Waals surface area contributed by atoms with Gasteiger partial charge in [0, 0.05) is 63.1 Å². The van der Waals surface area contributed by atoms with E-state index < -0.39 is 10.0 Å². The Bertz CT molecular complexity index is 1910. The molecule has 0 spiro atoms. The van der Waals surface area contributed by atoms with Gasteiger partial charge in [0.25, 0.3) is 0 Å². The minimum Gasteiger partial charge on any atom is -0.372 e. The molecular formula is C31H37N9O3S. The molecular weight excluding hydrogens is 578 g/mol. The van der Waals surface area contributed by atoms with Gasteiger partial charge in [-0.25, -0.2) is 17.4 Å². The van der Waals surface area contributed by atoms with Crippen LogP contribution in [0.1, 0.15) is 18.2 Å². The van der Waals surface area contributed by atoms with Gasteiger partial charge >= 0.3 is 0 Å². The summed E-state index contributed by atoms with van der Waals surface area (Å²) in [5.74, 6) is -0.180. The van der Waals surface area contributed by atoms with E-state index in [1.165, 1.54) is 17.1 Å². The molecule has 230 valence electrons. The molecule has 44 heavy (non-hydrogen) atoms. The molecule has 0 fully saturated rings. The summed E-state index contributed by atoms with van der Waals surface area (Å²) >= 11 is 0. The molecule has 0 aliphatic heterocycles. The van der Waals surface area contributed by atoms with Crippen LogP contribution in [0.3, 0.4) is 0 Å². The van der Waals surface area contributed by atoms with Crippen LogP contribution in [0.25, 0.3) is 22.3 Å². The van der Waals surface area contributed by atoms with E-state index in [4.69, 9.17) is 4.98 Å². The molecule has 5 rings (SSSR count). The Morgan fingerprint density at radius 3 is 2.41 bits per heavy atom. The van der Waals surface area contributed by atoms with Crippen LogP contribution in [0.5, 0.6) is 0 Å². The first kappa shape index (κ1) is 30.7. The summed E-state index contributed by atoms with van der Waals surface area (Å²) in [5, 5.41) is 11.2. The van der Waals surface area contributed by atoms with Crippen molar-refractivity contribution >= 4 is 50.0 Å². The lowest BCUT2D eigenvalue weighted by atomic mass is 10.1. The number of fused-ring (bicyclic) bond motifs is 1. The van der Waals surface area contributed by atoms with Crippen molar-refractivity contribution in [3.8, 4) is 11.3 Å². The average Bonchev–Trinajstić information content (AvgIpc) is 3.54. The quantitative estimate of drug-likeness (QED) is 0.224. The third kappa shape index (κ3) is 6.74. The van der Waals surface area contributed by atoms with Gasteiger partial charge in [0.1, 0.15) is 0 Å². The number of aryl methyl sites for hydroxylation is 2. The molecule has 2 aromatic carbocycles. The van der Waals surface area contributed by atoms with E-state index in [9.17, 15) is 13.2 Å². The van der Waals surface area contributed by atoms with Gasteiger partial charge in [-0.1, -0.05) is 30.3 Å². The Morgan fingerprint density at radius 1 is 1.00 bits per heavy atom. The number of likely N-dealkylation sites (N-methyl/N-ethyl adjacent to an activating group) is 2. The molecule has 0 aliphatic rings. The zero-order chi connectivity index (χ0) is 31.6. The normalized spacial score (nSPS) is 11.7. The summed E-state index contributed by atoms with van der Waals surface area (Å²) in [7, 11) is 4.00. The smallest absolute Gasteiger partial charge is 0.244 e. The number of benzene rings is 2. The number of anilines is 4. The monoisotopic (exact) mass is 615 g/mol. The number of nitrogens with zero attached hydrogens (tertiary/aromatic N) is 7. The van der Waals surface area contributed by atoms with E-state index in [0.717, 1.165) is 30.0 Å². The van der Waals surface area contributed by atoms with Crippen molar-refractivity contribution in [2.24, 2.45) is 7.05 Å². The van der Waals surface area contributed by atoms with Crippen molar-refractivity contribution in [3.05, 3.63) is 78.2 Å². The first-order chi connectivity index (χ1) is 20.9. The first-order valence-corrected chi connectivity index (χ1v) is 15.7. The maximum atomic E-state index is 13.6. The van der Waals surface area contributed by atoms with Crippen LogP contribution in [-0.4, -0.2) is 77.2 Å². The summed E-state index contributed by atoms with van der Waals surface area (Å²) in [6, 6.07) is 16.4. The molecule has 0 atom stereocenters. The summed E-state index contributed by atoms with van der Waals surface area (Å²) < 4.78 is 30.2. The first-order valence-electron chi connectivity index (χ1n) is 14.1. The predicted octanol–water partition coefficient (Wildman–Crippen LogP) is 4.22. The molecule has 5 aromatic rings. The molecule has 1 amide bonds. The van der Waals surface area contributed by atoms with E-state index in [-0.39, 0.29) is 23.3 Å².